The molecule has 1 unspecified atom stereocenters. The Bertz CT molecular complexity index is 474. The zero-order valence-corrected chi connectivity index (χ0v) is 10.8. The number of hydrogen-bond donors (Lipinski definition) is 0. The van der Waals surface area contributed by atoms with Crippen molar-refractivity contribution in [2.75, 3.05) is 0 Å². The van der Waals surface area contributed by atoms with Gasteiger partial charge in [-0.25, -0.2) is 9.67 Å². The van der Waals surface area contributed by atoms with Crippen LogP contribution in [0.1, 0.15) is 37.0 Å². The number of halogens is 1. The Labute approximate surface area is 105 Å². The van der Waals surface area contributed by atoms with Crippen molar-refractivity contribution in [2.45, 2.75) is 38.7 Å². The lowest BCUT2D eigenvalue weighted by molar-refractivity contribution is 0.583. The molecular weight excluding hydrogens is 238 g/mol. The zero-order chi connectivity index (χ0) is 12.3. The van der Waals surface area contributed by atoms with Crippen LogP contribution in [0.2, 0.25) is 0 Å². The summed E-state index contributed by atoms with van der Waals surface area (Å²) in [5.41, 5.74) is 1.93. The van der Waals surface area contributed by atoms with E-state index in [0.29, 0.717) is 6.54 Å². The van der Waals surface area contributed by atoms with E-state index in [9.17, 15) is 0 Å². The number of rotatable bonds is 5. The fourth-order valence-corrected chi connectivity index (χ4v) is 1.76. The van der Waals surface area contributed by atoms with Crippen molar-refractivity contribution < 1.29 is 0 Å². The molecule has 0 bridgehead atoms. The molecule has 0 aliphatic carbocycles. The largest absolute Gasteiger partial charge is 0.333 e. The summed E-state index contributed by atoms with van der Waals surface area (Å²) in [5, 5.41) is 7.97. The molecule has 92 valence electrons. The van der Waals surface area contributed by atoms with Crippen molar-refractivity contribution >= 4 is 11.6 Å². The third-order valence-corrected chi connectivity index (χ3v) is 2.77. The minimum absolute atomic E-state index is 0.107. The van der Waals surface area contributed by atoms with Crippen LogP contribution >= 0.6 is 11.6 Å². The van der Waals surface area contributed by atoms with Gasteiger partial charge in [0.05, 0.1) is 36.3 Å². The number of aryl methyl sites for hydroxylation is 1. The number of alkyl halides is 1. The molecule has 0 aliphatic rings. The second-order valence-electron chi connectivity index (χ2n) is 4.04. The Morgan fingerprint density at radius 1 is 1.47 bits per heavy atom. The molecule has 0 spiro atoms. The Balaban J connectivity index is 2.11. The van der Waals surface area contributed by atoms with Crippen molar-refractivity contribution in [1.29, 1.82) is 0 Å². The lowest BCUT2D eigenvalue weighted by atomic mass is 10.3. The summed E-state index contributed by atoms with van der Waals surface area (Å²) in [5.74, 6) is 0. The van der Waals surface area contributed by atoms with Crippen LogP contribution in [0.3, 0.4) is 0 Å². The quantitative estimate of drug-likeness (QED) is 0.768. The summed E-state index contributed by atoms with van der Waals surface area (Å²) in [4.78, 5) is 4.15. The first-order valence-corrected chi connectivity index (χ1v) is 6.17. The molecule has 1 atom stereocenters. The minimum atomic E-state index is -0.107. The van der Waals surface area contributed by atoms with Gasteiger partial charge in [0.15, 0.2) is 0 Å². The first kappa shape index (κ1) is 12.1. The van der Waals surface area contributed by atoms with Gasteiger partial charge in [-0.2, -0.15) is 0 Å². The Morgan fingerprint density at radius 2 is 2.29 bits per heavy atom. The molecule has 0 amide bonds. The lowest BCUT2D eigenvalue weighted by Crippen LogP contribution is -2.07. The average Bonchev–Trinajstić information content (AvgIpc) is 2.90. The van der Waals surface area contributed by atoms with E-state index in [0.717, 1.165) is 24.4 Å². The SMILES string of the molecule is CCCn1cncc1Cn1cc(C(C)Cl)nn1. The molecule has 2 heterocycles. The van der Waals surface area contributed by atoms with Gasteiger partial charge >= 0.3 is 0 Å². The van der Waals surface area contributed by atoms with Gasteiger partial charge in [-0.3, -0.25) is 0 Å². The molecule has 0 aliphatic heterocycles. The van der Waals surface area contributed by atoms with Gasteiger partial charge in [-0.15, -0.1) is 16.7 Å². The molecule has 0 saturated carbocycles. The van der Waals surface area contributed by atoms with Gasteiger partial charge in [0.25, 0.3) is 0 Å². The van der Waals surface area contributed by atoms with Gasteiger partial charge in [0.2, 0.25) is 0 Å². The molecule has 2 rings (SSSR count). The van der Waals surface area contributed by atoms with Crippen LogP contribution in [0.5, 0.6) is 0 Å². The Morgan fingerprint density at radius 3 is 2.94 bits per heavy atom. The van der Waals surface area contributed by atoms with Crippen LogP contribution in [0, 0.1) is 0 Å². The predicted molar refractivity (Wildman–Crippen MR) is 65.9 cm³/mol. The number of hydrogen-bond acceptors (Lipinski definition) is 3. The van der Waals surface area contributed by atoms with Gasteiger partial charge < -0.3 is 4.57 Å². The van der Waals surface area contributed by atoms with E-state index >= 15 is 0 Å². The molecule has 2 aromatic rings. The molecule has 6 heteroatoms. The van der Waals surface area contributed by atoms with Crippen molar-refractivity contribution in [3.63, 3.8) is 0 Å². The van der Waals surface area contributed by atoms with Crippen molar-refractivity contribution in [1.82, 2.24) is 24.5 Å². The molecule has 0 N–H and O–H groups in total. The second kappa shape index (κ2) is 5.31. The number of nitrogens with zero attached hydrogens (tertiary/aromatic N) is 5. The van der Waals surface area contributed by atoms with E-state index in [1.54, 1.807) is 4.68 Å². The summed E-state index contributed by atoms with van der Waals surface area (Å²) in [6, 6.07) is 0. The molecule has 0 saturated heterocycles. The first-order valence-electron chi connectivity index (χ1n) is 5.73. The average molecular weight is 254 g/mol. The molecule has 0 aromatic carbocycles. The smallest absolute Gasteiger partial charge is 0.100 e. The highest BCUT2D eigenvalue weighted by Crippen LogP contribution is 2.15. The zero-order valence-electron chi connectivity index (χ0n) is 10.0. The summed E-state index contributed by atoms with van der Waals surface area (Å²) >= 11 is 5.95. The molecule has 0 fully saturated rings. The minimum Gasteiger partial charge on any atom is -0.333 e. The Kier molecular flexibility index (Phi) is 3.78. The summed E-state index contributed by atoms with van der Waals surface area (Å²) in [6.07, 6.45) is 6.67. The maximum Gasteiger partial charge on any atom is 0.100 e. The van der Waals surface area contributed by atoms with Crippen molar-refractivity contribution in [3.05, 3.63) is 30.1 Å². The molecule has 17 heavy (non-hydrogen) atoms. The van der Waals surface area contributed by atoms with Gasteiger partial charge in [-0.1, -0.05) is 12.1 Å². The topological polar surface area (TPSA) is 48.5 Å². The maximum atomic E-state index is 5.95. The van der Waals surface area contributed by atoms with Gasteiger partial charge in [0.1, 0.15) is 5.69 Å². The van der Waals surface area contributed by atoms with Crippen LogP contribution in [-0.2, 0) is 13.1 Å². The molecule has 0 radical (unpaired) electrons. The van der Waals surface area contributed by atoms with E-state index in [2.05, 4.69) is 26.8 Å². The van der Waals surface area contributed by atoms with E-state index in [1.807, 2.05) is 25.6 Å². The third-order valence-electron chi connectivity index (χ3n) is 2.55. The van der Waals surface area contributed by atoms with Gasteiger partial charge in [0, 0.05) is 6.54 Å². The standard InChI is InChI=1S/C11H16ClN5/c1-3-4-16-8-13-5-10(16)6-17-7-11(9(2)12)14-15-17/h5,7-9H,3-4,6H2,1-2H3. The molecule has 5 nitrogen and oxygen atoms in total. The Hall–Kier alpha value is -1.36. The monoisotopic (exact) mass is 253 g/mol. The van der Waals surface area contributed by atoms with Crippen molar-refractivity contribution in [3.8, 4) is 0 Å². The van der Waals surface area contributed by atoms with E-state index in [4.69, 9.17) is 11.6 Å². The highest BCUT2D eigenvalue weighted by Gasteiger charge is 2.08. The predicted octanol–water partition coefficient (Wildman–Crippen LogP) is 2.23. The van der Waals surface area contributed by atoms with E-state index in [1.165, 1.54) is 0 Å². The second-order valence-corrected chi connectivity index (χ2v) is 4.69. The van der Waals surface area contributed by atoms with Crippen LogP contribution in [-0.4, -0.2) is 24.5 Å². The van der Waals surface area contributed by atoms with E-state index < -0.39 is 0 Å². The third kappa shape index (κ3) is 2.85. The van der Waals surface area contributed by atoms with E-state index in [-0.39, 0.29) is 5.38 Å². The first-order chi connectivity index (χ1) is 8.20. The van der Waals surface area contributed by atoms with Crippen LogP contribution in [0.4, 0.5) is 0 Å². The van der Waals surface area contributed by atoms with Crippen LogP contribution in [0.15, 0.2) is 18.7 Å². The maximum absolute atomic E-state index is 5.95. The van der Waals surface area contributed by atoms with Gasteiger partial charge in [-0.05, 0) is 13.3 Å². The molecular formula is C11H16ClN5. The fraction of sp³-hybridized carbons (Fsp3) is 0.545. The highest BCUT2D eigenvalue weighted by atomic mass is 35.5. The normalized spacial score (nSPS) is 12.9. The highest BCUT2D eigenvalue weighted by molar-refractivity contribution is 6.20. The molecule has 2 aromatic heterocycles. The number of imidazole rings is 1. The summed E-state index contributed by atoms with van der Waals surface area (Å²) < 4.78 is 3.92. The summed E-state index contributed by atoms with van der Waals surface area (Å²) in [7, 11) is 0. The van der Waals surface area contributed by atoms with Crippen LogP contribution in [0.25, 0.3) is 0 Å². The summed E-state index contributed by atoms with van der Waals surface area (Å²) in [6.45, 7) is 5.68. The fourth-order valence-electron chi connectivity index (χ4n) is 1.66. The van der Waals surface area contributed by atoms with Crippen LogP contribution < -0.4 is 0 Å². The lowest BCUT2D eigenvalue weighted by Gasteiger charge is -2.05. The van der Waals surface area contributed by atoms with Crippen molar-refractivity contribution in [2.24, 2.45) is 0 Å². The number of aromatic nitrogens is 5.